The lowest BCUT2D eigenvalue weighted by molar-refractivity contribution is 0.0740. The highest BCUT2D eigenvalue weighted by molar-refractivity contribution is 8.13. The predicted octanol–water partition coefficient (Wildman–Crippen LogP) is 2.76. The van der Waals surface area contributed by atoms with Crippen LogP contribution in [-0.4, -0.2) is 32.8 Å². The highest BCUT2D eigenvalue weighted by Gasteiger charge is 2.28. The van der Waals surface area contributed by atoms with Gasteiger partial charge in [-0.1, -0.05) is 6.42 Å². The maximum Gasteiger partial charge on any atom is 0.262 e. The van der Waals surface area contributed by atoms with E-state index in [0.717, 1.165) is 19.3 Å². The van der Waals surface area contributed by atoms with Crippen molar-refractivity contribution in [2.24, 2.45) is 5.92 Å². The van der Waals surface area contributed by atoms with Gasteiger partial charge in [-0.2, -0.15) is 0 Å². The largest absolute Gasteiger partial charge is 0.341 e. The quantitative estimate of drug-likeness (QED) is 0.794. The zero-order chi connectivity index (χ0) is 15.8. The van der Waals surface area contributed by atoms with Gasteiger partial charge in [0.25, 0.3) is 15.0 Å². The number of carbonyl (C=O) groups is 1. The van der Waals surface area contributed by atoms with Crippen LogP contribution in [-0.2, 0) is 9.05 Å². The Hall–Kier alpha value is -1.21. The molecule has 1 saturated carbocycles. The van der Waals surface area contributed by atoms with Gasteiger partial charge in [-0.05, 0) is 30.9 Å². The first-order valence-electron chi connectivity index (χ1n) is 6.39. The van der Waals surface area contributed by atoms with Crippen LogP contribution in [0, 0.1) is 17.6 Å². The van der Waals surface area contributed by atoms with E-state index in [-0.39, 0.29) is 0 Å². The van der Waals surface area contributed by atoms with Crippen LogP contribution in [0.2, 0.25) is 0 Å². The molecule has 1 aromatic rings. The van der Waals surface area contributed by atoms with Gasteiger partial charge in [0.2, 0.25) is 0 Å². The monoisotopic (exact) mass is 337 g/mol. The lowest BCUT2D eigenvalue weighted by Gasteiger charge is -2.30. The molecule has 0 radical (unpaired) electrons. The first kappa shape index (κ1) is 16.2. The molecule has 0 heterocycles. The van der Waals surface area contributed by atoms with E-state index >= 15 is 0 Å². The van der Waals surface area contributed by atoms with Crippen LogP contribution < -0.4 is 0 Å². The molecule has 0 aliphatic heterocycles. The number of hydrogen-bond acceptors (Lipinski definition) is 3. The molecule has 1 aliphatic carbocycles. The van der Waals surface area contributed by atoms with E-state index in [0.29, 0.717) is 24.6 Å². The second-order valence-corrected chi connectivity index (χ2v) is 7.72. The lowest BCUT2D eigenvalue weighted by Crippen LogP contribution is -2.35. The topological polar surface area (TPSA) is 54.5 Å². The van der Waals surface area contributed by atoms with Crippen molar-refractivity contribution in [3.8, 4) is 0 Å². The number of halogens is 3. The van der Waals surface area contributed by atoms with E-state index < -0.39 is 37.1 Å². The Morgan fingerprint density at radius 3 is 2.38 bits per heavy atom. The van der Waals surface area contributed by atoms with Crippen LogP contribution in [0.3, 0.4) is 0 Å². The third-order valence-electron chi connectivity index (χ3n) is 3.62. The lowest BCUT2D eigenvalue weighted by atomic mass is 9.85. The average molecular weight is 338 g/mol. The first-order chi connectivity index (χ1) is 9.70. The van der Waals surface area contributed by atoms with Gasteiger partial charge in [-0.3, -0.25) is 4.79 Å². The molecule has 1 aliphatic rings. The third kappa shape index (κ3) is 3.52. The summed E-state index contributed by atoms with van der Waals surface area (Å²) in [6, 6.07) is 1.01. The van der Waals surface area contributed by atoms with Crippen molar-refractivity contribution in [3.05, 3.63) is 29.3 Å². The van der Waals surface area contributed by atoms with Crippen molar-refractivity contribution in [3.63, 3.8) is 0 Å². The Labute approximate surface area is 126 Å². The van der Waals surface area contributed by atoms with Gasteiger partial charge in [-0.25, -0.2) is 17.2 Å². The third-order valence-corrected chi connectivity index (χ3v) is 4.98. The molecule has 0 aromatic heterocycles. The molecule has 1 aromatic carbocycles. The highest BCUT2D eigenvalue weighted by Crippen LogP contribution is 2.28. The van der Waals surface area contributed by atoms with E-state index in [1.54, 1.807) is 0 Å². The minimum atomic E-state index is -4.35. The van der Waals surface area contributed by atoms with Crippen molar-refractivity contribution in [1.82, 2.24) is 4.90 Å². The molecule has 116 valence electrons. The smallest absolute Gasteiger partial charge is 0.262 e. The number of rotatable bonds is 4. The van der Waals surface area contributed by atoms with Crippen molar-refractivity contribution in [2.45, 2.75) is 24.2 Å². The summed E-state index contributed by atoms with van der Waals surface area (Å²) in [4.78, 5) is 12.9. The average Bonchev–Trinajstić information content (AvgIpc) is 2.34. The van der Waals surface area contributed by atoms with Crippen LogP contribution >= 0.6 is 10.7 Å². The summed E-state index contributed by atoms with van der Waals surface area (Å²) in [5, 5.41) is 0. The van der Waals surface area contributed by atoms with Crippen molar-refractivity contribution >= 4 is 25.6 Å². The van der Waals surface area contributed by atoms with E-state index in [1.807, 2.05) is 0 Å². The number of nitrogens with zero attached hydrogens (tertiary/aromatic N) is 1. The molecular weight excluding hydrogens is 324 g/mol. The Kier molecular flexibility index (Phi) is 4.53. The van der Waals surface area contributed by atoms with Crippen LogP contribution in [0.4, 0.5) is 8.78 Å². The SMILES string of the molecule is CN(CC1CCC1)C(=O)c1cc(F)c(F)cc1S(=O)(=O)Cl. The molecule has 1 amide bonds. The molecule has 0 spiro atoms. The predicted molar refractivity (Wildman–Crippen MR) is 73.7 cm³/mol. The summed E-state index contributed by atoms with van der Waals surface area (Å²) in [5.74, 6) is -2.99. The molecule has 0 N–H and O–H groups in total. The fourth-order valence-electron chi connectivity index (χ4n) is 2.25. The maximum atomic E-state index is 13.3. The van der Waals surface area contributed by atoms with E-state index in [4.69, 9.17) is 10.7 Å². The Morgan fingerprint density at radius 2 is 1.90 bits per heavy atom. The summed E-state index contributed by atoms with van der Waals surface area (Å²) in [6.07, 6.45) is 3.09. The summed E-state index contributed by atoms with van der Waals surface area (Å²) < 4.78 is 49.4. The summed E-state index contributed by atoms with van der Waals surface area (Å²) in [5.41, 5.74) is -0.453. The Morgan fingerprint density at radius 1 is 1.33 bits per heavy atom. The molecule has 8 heteroatoms. The van der Waals surface area contributed by atoms with Gasteiger partial charge in [0.1, 0.15) is 0 Å². The molecule has 0 bridgehead atoms. The van der Waals surface area contributed by atoms with E-state index in [1.165, 1.54) is 11.9 Å². The zero-order valence-electron chi connectivity index (χ0n) is 11.3. The Balaban J connectivity index is 2.36. The second kappa shape index (κ2) is 5.88. The van der Waals surface area contributed by atoms with Crippen LogP contribution in [0.25, 0.3) is 0 Å². The number of hydrogen-bond donors (Lipinski definition) is 0. The van der Waals surface area contributed by atoms with Crippen LogP contribution in [0.1, 0.15) is 29.6 Å². The van der Waals surface area contributed by atoms with Gasteiger partial charge >= 0.3 is 0 Å². The molecule has 0 saturated heterocycles. The number of benzene rings is 1. The standard InChI is InChI=1S/C13H14ClF2NO3S/c1-17(7-8-3-2-4-8)13(18)9-5-10(15)11(16)6-12(9)21(14,19)20/h5-6,8H,2-4,7H2,1H3. The van der Waals surface area contributed by atoms with Gasteiger partial charge in [0.15, 0.2) is 11.6 Å². The number of amides is 1. The summed E-state index contributed by atoms with van der Waals surface area (Å²) in [6.45, 7) is 0.444. The summed E-state index contributed by atoms with van der Waals surface area (Å²) >= 11 is 0. The van der Waals surface area contributed by atoms with Gasteiger partial charge < -0.3 is 4.90 Å². The summed E-state index contributed by atoms with van der Waals surface area (Å²) in [7, 11) is 2.33. The molecule has 0 unspecified atom stereocenters. The van der Waals surface area contributed by atoms with Crippen LogP contribution in [0.5, 0.6) is 0 Å². The molecule has 0 atom stereocenters. The fourth-order valence-corrected chi connectivity index (χ4v) is 3.28. The molecule has 1 fully saturated rings. The van der Waals surface area contributed by atoms with Gasteiger partial charge in [-0.15, -0.1) is 0 Å². The van der Waals surface area contributed by atoms with E-state index in [9.17, 15) is 22.0 Å². The first-order valence-corrected chi connectivity index (χ1v) is 8.70. The number of carbonyl (C=O) groups excluding carboxylic acids is 1. The van der Waals surface area contributed by atoms with Crippen molar-refractivity contribution in [1.29, 1.82) is 0 Å². The Bertz CT molecular complexity index is 674. The maximum absolute atomic E-state index is 13.3. The second-order valence-electron chi connectivity index (χ2n) is 5.18. The minimum absolute atomic E-state index is 0.361. The van der Waals surface area contributed by atoms with Gasteiger partial charge in [0, 0.05) is 24.3 Å². The molecular formula is C13H14ClF2NO3S. The molecule has 4 nitrogen and oxygen atoms in total. The highest BCUT2D eigenvalue weighted by atomic mass is 35.7. The van der Waals surface area contributed by atoms with Crippen LogP contribution in [0.15, 0.2) is 17.0 Å². The van der Waals surface area contributed by atoms with Crippen molar-refractivity contribution in [2.75, 3.05) is 13.6 Å². The normalized spacial score (nSPS) is 15.6. The van der Waals surface area contributed by atoms with Crippen molar-refractivity contribution < 1.29 is 22.0 Å². The molecule has 2 rings (SSSR count). The minimum Gasteiger partial charge on any atom is -0.341 e. The molecule has 21 heavy (non-hydrogen) atoms. The fraction of sp³-hybridized carbons (Fsp3) is 0.462. The van der Waals surface area contributed by atoms with E-state index in [2.05, 4.69) is 0 Å². The van der Waals surface area contributed by atoms with Gasteiger partial charge in [0.05, 0.1) is 10.5 Å². The zero-order valence-corrected chi connectivity index (χ0v) is 12.8.